The Balaban J connectivity index is 1.64. The smallest absolute Gasteiger partial charge is 0.269 e. The third-order valence-corrected chi connectivity index (χ3v) is 5.62. The van der Waals surface area contributed by atoms with Gasteiger partial charge in [0.15, 0.2) is 0 Å². The van der Waals surface area contributed by atoms with Gasteiger partial charge < -0.3 is 10.6 Å². The van der Waals surface area contributed by atoms with Gasteiger partial charge in [-0.15, -0.1) is 0 Å². The second-order valence-electron chi connectivity index (χ2n) is 8.20. The van der Waals surface area contributed by atoms with Crippen LogP contribution in [0.3, 0.4) is 0 Å². The largest absolute Gasteiger partial charge is 0.352 e. The number of carbonyl (C=O) groups is 2. The summed E-state index contributed by atoms with van der Waals surface area (Å²) in [5.74, 6) is -0.487. The van der Waals surface area contributed by atoms with Gasteiger partial charge in [-0.1, -0.05) is 24.3 Å². The Hall–Kier alpha value is -4.79. The van der Waals surface area contributed by atoms with Crippen LogP contribution in [-0.2, 0) is 11.2 Å². The molecule has 1 heterocycles. The molecule has 0 radical (unpaired) electrons. The van der Waals surface area contributed by atoms with Crippen LogP contribution in [0, 0.1) is 17.0 Å². The number of nitro groups is 1. The first-order valence-electron chi connectivity index (χ1n) is 11.4. The molecule has 36 heavy (non-hydrogen) atoms. The van der Waals surface area contributed by atoms with Crippen molar-refractivity contribution < 1.29 is 14.5 Å². The molecule has 9 nitrogen and oxygen atoms in total. The molecule has 2 N–H and O–H groups in total. The molecule has 0 aliphatic rings. The summed E-state index contributed by atoms with van der Waals surface area (Å²) >= 11 is 0. The van der Waals surface area contributed by atoms with Crippen molar-refractivity contribution in [2.75, 3.05) is 11.9 Å². The van der Waals surface area contributed by atoms with Crippen molar-refractivity contribution in [1.29, 1.82) is 0 Å². The number of para-hydroxylation sites is 1. The van der Waals surface area contributed by atoms with Gasteiger partial charge in [0, 0.05) is 47.3 Å². The molecule has 182 valence electrons. The molecule has 4 rings (SSSR count). The van der Waals surface area contributed by atoms with E-state index in [1.165, 1.54) is 12.1 Å². The van der Waals surface area contributed by atoms with E-state index in [1.807, 2.05) is 44.2 Å². The van der Waals surface area contributed by atoms with Crippen molar-refractivity contribution in [3.05, 3.63) is 106 Å². The molecule has 3 aromatic carbocycles. The lowest BCUT2D eigenvalue weighted by molar-refractivity contribution is -0.384. The Morgan fingerprint density at radius 3 is 2.42 bits per heavy atom. The number of benzene rings is 3. The fourth-order valence-corrected chi connectivity index (χ4v) is 3.76. The molecule has 0 unspecified atom stereocenters. The Kier molecular flexibility index (Phi) is 7.20. The van der Waals surface area contributed by atoms with E-state index in [1.54, 1.807) is 41.2 Å². The Morgan fingerprint density at radius 2 is 1.75 bits per heavy atom. The molecule has 0 saturated carbocycles. The third-order valence-electron chi connectivity index (χ3n) is 5.62. The number of hydrogen-bond acceptors (Lipinski definition) is 5. The summed E-state index contributed by atoms with van der Waals surface area (Å²) in [5, 5.41) is 21.4. The molecular weight excluding hydrogens is 458 g/mol. The summed E-state index contributed by atoms with van der Waals surface area (Å²) in [4.78, 5) is 35.9. The third kappa shape index (κ3) is 5.47. The first-order valence-corrected chi connectivity index (χ1v) is 11.4. The predicted octanol–water partition coefficient (Wildman–Crippen LogP) is 4.69. The first-order chi connectivity index (χ1) is 17.4. The van der Waals surface area contributed by atoms with E-state index in [2.05, 4.69) is 15.7 Å². The molecule has 0 spiro atoms. The number of non-ortho nitro benzene ring substituents is 1. The number of nitro benzene ring substituents is 1. The number of amides is 2. The predicted molar refractivity (Wildman–Crippen MR) is 137 cm³/mol. The highest BCUT2D eigenvalue weighted by Gasteiger charge is 2.18. The van der Waals surface area contributed by atoms with Gasteiger partial charge in [0.05, 0.1) is 22.7 Å². The monoisotopic (exact) mass is 483 g/mol. The minimum atomic E-state index is -0.460. The second-order valence-corrected chi connectivity index (χ2v) is 8.20. The van der Waals surface area contributed by atoms with Gasteiger partial charge in [0.1, 0.15) is 0 Å². The van der Waals surface area contributed by atoms with E-state index >= 15 is 0 Å². The summed E-state index contributed by atoms with van der Waals surface area (Å²) < 4.78 is 1.68. The van der Waals surface area contributed by atoms with Crippen LogP contribution >= 0.6 is 0 Å². The zero-order chi connectivity index (χ0) is 25.7. The molecule has 0 fully saturated rings. The fourth-order valence-electron chi connectivity index (χ4n) is 3.76. The summed E-state index contributed by atoms with van der Waals surface area (Å²) in [6.45, 7) is 4.20. The van der Waals surface area contributed by atoms with Gasteiger partial charge in [-0.25, -0.2) is 4.68 Å². The lowest BCUT2D eigenvalue weighted by Crippen LogP contribution is -2.23. The fraction of sp³-hybridized carbons (Fsp3) is 0.148. The van der Waals surface area contributed by atoms with Crippen molar-refractivity contribution in [3.63, 3.8) is 0 Å². The van der Waals surface area contributed by atoms with Crippen LogP contribution in [0.25, 0.3) is 16.9 Å². The van der Waals surface area contributed by atoms with Crippen LogP contribution in [-0.4, -0.2) is 33.1 Å². The molecule has 0 aliphatic heterocycles. The van der Waals surface area contributed by atoms with Gasteiger partial charge >= 0.3 is 0 Å². The molecule has 2 amide bonds. The Bertz CT molecular complexity index is 1410. The van der Waals surface area contributed by atoms with E-state index in [0.29, 0.717) is 34.6 Å². The molecule has 9 heteroatoms. The number of hydrogen-bond donors (Lipinski definition) is 2. The molecule has 0 bridgehead atoms. The van der Waals surface area contributed by atoms with E-state index in [-0.39, 0.29) is 23.9 Å². The normalized spacial score (nSPS) is 10.6. The van der Waals surface area contributed by atoms with Gasteiger partial charge in [0.2, 0.25) is 5.91 Å². The number of rotatable bonds is 8. The van der Waals surface area contributed by atoms with Crippen LogP contribution < -0.4 is 10.6 Å². The van der Waals surface area contributed by atoms with Gasteiger partial charge in [-0.3, -0.25) is 19.7 Å². The Labute approximate surface area is 207 Å². The molecular formula is C27H25N5O4. The van der Waals surface area contributed by atoms with Crippen molar-refractivity contribution >= 4 is 23.2 Å². The van der Waals surface area contributed by atoms with E-state index in [4.69, 9.17) is 0 Å². The molecule has 0 aliphatic carbocycles. The zero-order valence-corrected chi connectivity index (χ0v) is 19.9. The average Bonchev–Trinajstić information content (AvgIpc) is 3.29. The number of aryl methyl sites for hydroxylation is 1. The summed E-state index contributed by atoms with van der Waals surface area (Å²) in [6.07, 6.45) is 1.80. The highest BCUT2D eigenvalue weighted by atomic mass is 16.6. The number of nitrogens with zero attached hydrogens (tertiary/aromatic N) is 3. The summed E-state index contributed by atoms with van der Waals surface area (Å²) in [7, 11) is 0. The van der Waals surface area contributed by atoms with E-state index in [9.17, 15) is 19.7 Å². The standard InChI is InChI=1S/C27H25N5O4/c1-3-28-27(34)20-10-9-18(2)24(15-20)29-25(33)16-21-17-31(22-7-5-4-6-8-22)30-26(21)19-11-13-23(14-12-19)32(35)36/h4-15,17H,3,16H2,1-2H3,(H,28,34)(H,29,33). The van der Waals surface area contributed by atoms with Crippen molar-refractivity contribution in [2.45, 2.75) is 20.3 Å². The SMILES string of the molecule is CCNC(=O)c1ccc(C)c(NC(=O)Cc2cn(-c3ccccc3)nc2-c2ccc([N+](=O)[O-])cc2)c1. The minimum Gasteiger partial charge on any atom is -0.352 e. The molecule has 0 atom stereocenters. The first kappa shape index (κ1) is 24.3. The number of anilines is 1. The molecule has 4 aromatic rings. The molecule has 1 aromatic heterocycles. The van der Waals surface area contributed by atoms with Gasteiger partial charge in [-0.05, 0) is 55.8 Å². The van der Waals surface area contributed by atoms with Crippen LogP contribution in [0.1, 0.15) is 28.4 Å². The average molecular weight is 484 g/mol. The van der Waals surface area contributed by atoms with Crippen molar-refractivity contribution in [3.8, 4) is 16.9 Å². The van der Waals surface area contributed by atoms with E-state index < -0.39 is 4.92 Å². The minimum absolute atomic E-state index is 0.0178. The van der Waals surface area contributed by atoms with Crippen molar-refractivity contribution in [2.24, 2.45) is 0 Å². The summed E-state index contributed by atoms with van der Waals surface area (Å²) in [5.41, 5.74) is 4.50. The van der Waals surface area contributed by atoms with Crippen molar-refractivity contribution in [1.82, 2.24) is 15.1 Å². The number of nitrogens with one attached hydrogen (secondary N) is 2. The van der Waals surface area contributed by atoms with Crippen LogP contribution in [0.15, 0.2) is 79.0 Å². The maximum atomic E-state index is 13.1. The second kappa shape index (κ2) is 10.6. The van der Waals surface area contributed by atoms with Crippen LogP contribution in [0.2, 0.25) is 0 Å². The van der Waals surface area contributed by atoms with Crippen LogP contribution in [0.5, 0.6) is 0 Å². The highest BCUT2D eigenvalue weighted by molar-refractivity contribution is 5.98. The highest BCUT2D eigenvalue weighted by Crippen LogP contribution is 2.27. The summed E-state index contributed by atoms with van der Waals surface area (Å²) in [6, 6.07) is 20.7. The van der Waals surface area contributed by atoms with Gasteiger partial charge in [-0.2, -0.15) is 5.10 Å². The molecule has 0 saturated heterocycles. The number of carbonyl (C=O) groups excluding carboxylic acids is 2. The topological polar surface area (TPSA) is 119 Å². The van der Waals surface area contributed by atoms with Gasteiger partial charge in [0.25, 0.3) is 11.6 Å². The number of aromatic nitrogens is 2. The Morgan fingerprint density at radius 1 is 1.03 bits per heavy atom. The quantitative estimate of drug-likeness (QED) is 0.278. The van der Waals surface area contributed by atoms with Crippen LogP contribution in [0.4, 0.5) is 11.4 Å². The maximum Gasteiger partial charge on any atom is 0.269 e. The zero-order valence-electron chi connectivity index (χ0n) is 19.9. The maximum absolute atomic E-state index is 13.1. The lowest BCUT2D eigenvalue weighted by atomic mass is 10.0. The lowest BCUT2D eigenvalue weighted by Gasteiger charge is -2.11. The van der Waals surface area contributed by atoms with E-state index in [0.717, 1.165) is 11.3 Å².